The lowest BCUT2D eigenvalue weighted by molar-refractivity contribution is 0.0992. The number of carbonyl (C=O) groups is 1. The Hall–Kier alpha value is -3.08. The number of ether oxygens (including phenoxy) is 1. The fourth-order valence-electron chi connectivity index (χ4n) is 2.24. The third-order valence-electron chi connectivity index (χ3n) is 3.48. The summed E-state index contributed by atoms with van der Waals surface area (Å²) in [4.78, 5) is 16.4. The second-order valence-electron chi connectivity index (χ2n) is 5.44. The quantitative estimate of drug-likeness (QED) is 0.767. The van der Waals surface area contributed by atoms with Crippen LogP contribution >= 0.6 is 0 Å². The Morgan fingerprint density at radius 2 is 1.92 bits per heavy atom. The van der Waals surface area contributed by atoms with Gasteiger partial charge in [-0.3, -0.25) is 4.79 Å². The summed E-state index contributed by atoms with van der Waals surface area (Å²) in [7, 11) is 0. The Labute approximate surface area is 140 Å². The first-order valence-corrected chi connectivity index (χ1v) is 7.64. The van der Waals surface area contributed by atoms with Crippen molar-refractivity contribution in [2.45, 2.75) is 20.5 Å². The normalized spacial score (nSPS) is 10.4. The Kier molecular flexibility index (Phi) is 4.61. The van der Waals surface area contributed by atoms with E-state index in [0.29, 0.717) is 11.6 Å². The van der Waals surface area contributed by atoms with Gasteiger partial charge in [-0.05, 0) is 49.7 Å². The molecule has 0 aliphatic carbocycles. The van der Waals surface area contributed by atoms with E-state index in [1.54, 1.807) is 18.2 Å². The zero-order valence-corrected chi connectivity index (χ0v) is 13.6. The van der Waals surface area contributed by atoms with Crippen molar-refractivity contribution < 1.29 is 13.9 Å². The Morgan fingerprint density at radius 1 is 1.08 bits per heavy atom. The molecule has 0 saturated carbocycles. The van der Waals surface area contributed by atoms with Crippen molar-refractivity contribution in [1.29, 1.82) is 0 Å². The summed E-state index contributed by atoms with van der Waals surface area (Å²) >= 11 is 0. The molecule has 0 fully saturated rings. The van der Waals surface area contributed by atoms with Gasteiger partial charge >= 0.3 is 0 Å². The first kappa shape index (κ1) is 15.8. The average molecular weight is 322 g/mol. The molecule has 1 N–H and O–H groups in total. The van der Waals surface area contributed by atoms with Gasteiger partial charge < -0.3 is 14.5 Å². The number of anilines is 1. The molecule has 1 aromatic carbocycles. The number of nitrogens with one attached hydrogen (secondary N) is 1. The molecule has 3 rings (SSSR count). The number of hydrogen-bond donors (Lipinski definition) is 1. The van der Waals surface area contributed by atoms with Gasteiger partial charge in [0, 0.05) is 5.69 Å². The molecule has 0 aliphatic heterocycles. The molecule has 24 heavy (non-hydrogen) atoms. The molecule has 0 aliphatic rings. The van der Waals surface area contributed by atoms with Gasteiger partial charge in [-0.2, -0.15) is 0 Å². The maximum atomic E-state index is 12.2. The first-order valence-electron chi connectivity index (χ1n) is 7.64. The smallest absolute Gasteiger partial charge is 0.292 e. The summed E-state index contributed by atoms with van der Waals surface area (Å²) in [6, 6.07) is 16.5. The van der Waals surface area contributed by atoms with Crippen LogP contribution in [0.15, 0.2) is 59.0 Å². The molecule has 2 aromatic heterocycles. The lowest BCUT2D eigenvalue weighted by atomic mass is 10.2. The van der Waals surface area contributed by atoms with E-state index in [1.807, 2.05) is 50.2 Å². The van der Waals surface area contributed by atoms with Crippen molar-refractivity contribution >= 4 is 11.7 Å². The molecule has 122 valence electrons. The largest absolute Gasteiger partial charge is 0.485 e. The van der Waals surface area contributed by atoms with Gasteiger partial charge in [-0.1, -0.05) is 24.3 Å². The van der Waals surface area contributed by atoms with Crippen LogP contribution in [0.5, 0.6) is 5.75 Å². The van der Waals surface area contributed by atoms with Gasteiger partial charge in [0.2, 0.25) is 0 Å². The van der Waals surface area contributed by atoms with Crippen LogP contribution in [-0.2, 0) is 6.61 Å². The highest BCUT2D eigenvalue weighted by atomic mass is 16.5. The number of carbonyl (C=O) groups excluding carboxylic acids is 1. The van der Waals surface area contributed by atoms with Gasteiger partial charge in [0.15, 0.2) is 5.76 Å². The topological polar surface area (TPSA) is 64.4 Å². The van der Waals surface area contributed by atoms with Crippen LogP contribution in [-0.4, -0.2) is 10.9 Å². The summed E-state index contributed by atoms with van der Waals surface area (Å²) in [6.45, 7) is 4.11. The Morgan fingerprint density at radius 3 is 2.71 bits per heavy atom. The lowest BCUT2D eigenvalue weighted by Gasteiger charge is -2.07. The highest BCUT2D eigenvalue weighted by Crippen LogP contribution is 2.19. The van der Waals surface area contributed by atoms with Crippen LogP contribution in [0.2, 0.25) is 0 Å². The van der Waals surface area contributed by atoms with Crippen LogP contribution in [0.4, 0.5) is 5.82 Å². The van der Waals surface area contributed by atoms with Crippen molar-refractivity contribution in [2.75, 3.05) is 5.32 Å². The van der Waals surface area contributed by atoms with Gasteiger partial charge in [0.25, 0.3) is 5.91 Å². The van der Waals surface area contributed by atoms with E-state index < -0.39 is 0 Å². The molecule has 0 saturated heterocycles. The zero-order chi connectivity index (χ0) is 16.9. The number of hydrogen-bond acceptors (Lipinski definition) is 4. The van der Waals surface area contributed by atoms with Crippen LogP contribution in [0.25, 0.3) is 0 Å². The molecule has 0 radical (unpaired) electrons. The number of rotatable bonds is 5. The summed E-state index contributed by atoms with van der Waals surface area (Å²) in [5.74, 6) is 1.76. The Bertz CT molecular complexity index is 855. The number of aryl methyl sites for hydroxylation is 2. The summed E-state index contributed by atoms with van der Waals surface area (Å²) in [5.41, 5.74) is 1.88. The third kappa shape index (κ3) is 3.81. The molecule has 0 unspecified atom stereocenters. The van der Waals surface area contributed by atoms with Gasteiger partial charge in [-0.25, -0.2) is 4.98 Å². The van der Waals surface area contributed by atoms with Crippen molar-refractivity contribution in [3.05, 3.63) is 77.4 Å². The number of furan rings is 1. The highest BCUT2D eigenvalue weighted by Gasteiger charge is 2.12. The molecule has 5 heteroatoms. The second-order valence-corrected chi connectivity index (χ2v) is 5.44. The molecule has 1 amide bonds. The first-order chi connectivity index (χ1) is 11.6. The maximum Gasteiger partial charge on any atom is 0.292 e. The summed E-state index contributed by atoms with van der Waals surface area (Å²) < 4.78 is 11.3. The summed E-state index contributed by atoms with van der Waals surface area (Å²) in [6.07, 6.45) is 0. The molecule has 0 atom stereocenters. The molecule has 0 spiro atoms. The minimum absolute atomic E-state index is 0.224. The highest BCUT2D eigenvalue weighted by molar-refractivity contribution is 6.01. The molecule has 3 aromatic rings. The van der Waals surface area contributed by atoms with Gasteiger partial charge in [0.1, 0.15) is 23.9 Å². The molecule has 2 heterocycles. The molecular formula is C19H18N2O3. The van der Waals surface area contributed by atoms with Crippen LogP contribution in [0.1, 0.15) is 27.6 Å². The fourth-order valence-corrected chi connectivity index (χ4v) is 2.24. The number of nitrogens with zero attached hydrogens (tertiary/aromatic N) is 1. The minimum Gasteiger partial charge on any atom is -0.485 e. The van der Waals surface area contributed by atoms with E-state index >= 15 is 0 Å². The third-order valence-corrected chi connectivity index (χ3v) is 3.48. The van der Waals surface area contributed by atoms with Crippen LogP contribution < -0.4 is 10.1 Å². The van der Waals surface area contributed by atoms with Gasteiger partial charge in [-0.15, -0.1) is 0 Å². The van der Waals surface area contributed by atoms with Gasteiger partial charge in [0.05, 0.1) is 0 Å². The molecular weight excluding hydrogens is 304 g/mol. The standard InChI is InChI=1S/C19H18N2O3/c1-13-6-3-4-8-16(13)23-12-15-10-11-17(24-15)19(22)21-18-9-5-7-14(2)20-18/h3-11H,12H2,1-2H3,(H,20,21,22). The SMILES string of the molecule is Cc1cccc(NC(=O)c2ccc(COc3ccccc3C)o2)n1. The van der Waals surface area contributed by atoms with Crippen molar-refractivity contribution in [1.82, 2.24) is 4.98 Å². The Balaban J connectivity index is 1.62. The van der Waals surface area contributed by atoms with E-state index in [2.05, 4.69) is 10.3 Å². The van der Waals surface area contributed by atoms with Crippen LogP contribution in [0.3, 0.4) is 0 Å². The van der Waals surface area contributed by atoms with E-state index in [1.165, 1.54) is 0 Å². The van der Waals surface area contributed by atoms with E-state index in [9.17, 15) is 4.79 Å². The van der Waals surface area contributed by atoms with Crippen LogP contribution in [0, 0.1) is 13.8 Å². The van der Waals surface area contributed by atoms with Crippen molar-refractivity contribution in [2.24, 2.45) is 0 Å². The number of pyridine rings is 1. The second kappa shape index (κ2) is 7.00. The molecule has 0 bridgehead atoms. The minimum atomic E-state index is -0.338. The number of para-hydroxylation sites is 1. The van der Waals surface area contributed by atoms with Crippen molar-refractivity contribution in [3.8, 4) is 5.75 Å². The average Bonchev–Trinajstić information content (AvgIpc) is 3.03. The van der Waals surface area contributed by atoms with Crippen molar-refractivity contribution in [3.63, 3.8) is 0 Å². The predicted octanol–water partition coefficient (Wildman–Crippen LogP) is 4.12. The lowest BCUT2D eigenvalue weighted by Crippen LogP contribution is -2.12. The monoisotopic (exact) mass is 322 g/mol. The van der Waals surface area contributed by atoms with E-state index in [-0.39, 0.29) is 18.3 Å². The number of aromatic nitrogens is 1. The number of amides is 1. The van der Waals surface area contributed by atoms with E-state index in [0.717, 1.165) is 17.0 Å². The summed E-state index contributed by atoms with van der Waals surface area (Å²) in [5, 5.41) is 2.71. The maximum absolute atomic E-state index is 12.2. The molecule has 5 nitrogen and oxygen atoms in total. The number of benzene rings is 1. The fraction of sp³-hybridized carbons (Fsp3) is 0.158. The zero-order valence-electron chi connectivity index (χ0n) is 13.6. The van der Waals surface area contributed by atoms with E-state index in [4.69, 9.17) is 9.15 Å². The predicted molar refractivity (Wildman–Crippen MR) is 91.1 cm³/mol.